The van der Waals surface area contributed by atoms with Gasteiger partial charge >= 0.3 is 0 Å². The Hall–Kier alpha value is -0.300. The Morgan fingerprint density at radius 3 is 3.00 bits per heavy atom. The SMILES string of the molecule is C=C(C)CCC1CCCCCN1. The number of hydrogen-bond acceptors (Lipinski definition) is 1. The molecule has 1 nitrogen and oxygen atoms in total. The predicted octanol–water partition coefficient (Wildman–Crippen LogP) is 2.87. The van der Waals surface area contributed by atoms with Crippen LogP contribution in [0.2, 0.25) is 0 Å². The van der Waals surface area contributed by atoms with E-state index < -0.39 is 0 Å². The van der Waals surface area contributed by atoms with Crippen molar-refractivity contribution in [1.82, 2.24) is 5.32 Å². The fourth-order valence-corrected chi connectivity index (χ4v) is 1.77. The molecule has 0 aromatic rings. The largest absolute Gasteiger partial charge is 0.314 e. The highest BCUT2D eigenvalue weighted by molar-refractivity contribution is 4.89. The van der Waals surface area contributed by atoms with Crippen molar-refractivity contribution < 1.29 is 0 Å². The molecule has 1 rings (SSSR count). The summed E-state index contributed by atoms with van der Waals surface area (Å²) < 4.78 is 0. The Kier molecular flexibility index (Phi) is 4.37. The first-order chi connectivity index (χ1) is 5.79. The van der Waals surface area contributed by atoms with Crippen LogP contribution in [0.3, 0.4) is 0 Å². The smallest absolute Gasteiger partial charge is 0.00701 e. The van der Waals surface area contributed by atoms with Crippen molar-refractivity contribution in [3.63, 3.8) is 0 Å². The summed E-state index contributed by atoms with van der Waals surface area (Å²) in [4.78, 5) is 0. The average molecular weight is 167 g/mol. The molecule has 1 N–H and O–H groups in total. The van der Waals surface area contributed by atoms with Crippen LogP contribution in [0.4, 0.5) is 0 Å². The van der Waals surface area contributed by atoms with Crippen LogP contribution in [-0.2, 0) is 0 Å². The summed E-state index contributed by atoms with van der Waals surface area (Å²) >= 11 is 0. The zero-order valence-corrected chi connectivity index (χ0v) is 8.23. The Labute approximate surface area is 76.2 Å². The molecule has 0 amide bonds. The Morgan fingerprint density at radius 1 is 1.42 bits per heavy atom. The predicted molar refractivity (Wildman–Crippen MR) is 54.3 cm³/mol. The fourth-order valence-electron chi connectivity index (χ4n) is 1.77. The molecule has 1 aliphatic heterocycles. The first kappa shape index (κ1) is 9.79. The van der Waals surface area contributed by atoms with Gasteiger partial charge in [0.05, 0.1) is 0 Å². The third kappa shape index (κ3) is 3.91. The van der Waals surface area contributed by atoms with Gasteiger partial charge in [-0.3, -0.25) is 0 Å². The molecule has 12 heavy (non-hydrogen) atoms. The molecule has 0 spiro atoms. The molecule has 1 aliphatic rings. The van der Waals surface area contributed by atoms with Crippen molar-refractivity contribution in [1.29, 1.82) is 0 Å². The fraction of sp³-hybridized carbons (Fsp3) is 0.818. The number of rotatable bonds is 3. The van der Waals surface area contributed by atoms with Crippen molar-refractivity contribution in [2.45, 2.75) is 51.5 Å². The molecule has 1 saturated heterocycles. The number of hydrogen-bond donors (Lipinski definition) is 1. The third-order valence-corrected chi connectivity index (χ3v) is 2.58. The molecule has 0 aliphatic carbocycles. The van der Waals surface area contributed by atoms with Crippen LogP contribution in [0.15, 0.2) is 12.2 Å². The van der Waals surface area contributed by atoms with E-state index in [-0.39, 0.29) is 0 Å². The maximum absolute atomic E-state index is 3.94. The van der Waals surface area contributed by atoms with Crippen molar-refractivity contribution >= 4 is 0 Å². The monoisotopic (exact) mass is 167 g/mol. The Morgan fingerprint density at radius 2 is 2.25 bits per heavy atom. The first-order valence-corrected chi connectivity index (χ1v) is 5.17. The summed E-state index contributed by atoms with van der Waals surface area (Å²) in [7, 11) is 0. The van der Waals surface area contributed by atoms with Gasteiger partial charge in [0.1, 0.15) is 0 Å². The molecule has 0 bridgehead atoms. The lowest BCUT2D eigenvalue weighted by Gasteiger charge is -2.14. The van der Waals surface area contributed by atoms with E-state index >= 15 is 0 Å². The molecule has 0 saturated carbocycles. The van der Waals surface area contributed by atoms with Gasteiger partial charge in [-0.1, -0.05) is 18.4 Å². The van der Waals surface area contributed by atoms with E-state index in [1.54, 1.807) is 0 Å². The van der Waals surface area contributed by atoms with Crippen LogP contribution in [0.5, 0.6) is 0 Å². The van der Waals surface area contributed by atoms with Crippen LogP contribution in [0.25, 0.3) is 0 Å². The molecule has 0 aromatic heterocycles. The minimum atomic E-state index is 0.768. The van der Waals surface area contributed by atoms with Crippen molar-refractivity contribution in [3.05, 3.63) is 12.2 Å². The van der Waals surface area contributed by atoms with Crippen LogP contribution >= 0.6 is 0 Å². The zero-order chi connectivity index (χ0) is 8.81. The lowest BCUT2D eigenvalue weighted by Crippen LogP contribution is -2.27. The molecule has 0 aromatic carbocycles. The minimum absolute atomic E-state index is 0.768. The molecule has 1 unspecified atom stereocenters. The van der Waals surface area contributed by atoms with Gasteiger partial charge in [0.15, 0.2) is 0 Å². The van der Waals surface area contributed by atoms with Gasteiger partial charge in [0.25, 0.3) is 0 Å². The van der Waals surface area contributed by atoms with Crippen LogP contribution in [0.1, 0.15) is 45.4 Å². The van der Waals surface area contributed by atoms with E-state index in [9.17, 15) is 0 Å². The minimum Gasteiger partial charge on any atom is -0.314 e. The molecule has 70 valence electrons. The zero-order valence-electron chi connectivity index (χ0n) is 8.23. The number of nitrogens with one attached hydrogen (secondary N) is 1. The topological polar surface area (TPSA) is 12.0 Å². The summed E-state index contributed by atoms with van der Waals surface area (Å²) in [5.41, 5.74) is 1.32. The molecule has 1 fully saturated rings. The normalized spacial score (nSPS) is 24.9. The summed E-state index contributed by atoms with van der Waals surface area (Å²) in [6, 6.07) is 0.768. The van der Waals surface area contributed by atoms with Crippen molar-refractivity contribution in [3.8, 4) is 0 Å². The molecule has 0 radical (unpaired) electrons. The Balaban J connectivity index is 2.16. The van der Waals surface area contributed by atoms with E-state index in [1.165, 1.54) is 50.6 Å². The van der Waals surface area contributed by atoms with Gasteiger partial charge in [-0.15, -0.1) is 6.58 Å². The van der Waals surface area contributed by atoms with Crippen LogP contribution < -0.4 is 5.32 Å². The summed E-state index contributed by atoms with van der Waals surface area (Å²) in [5, 5.41) is 3.60. The quantitative estimate of drug-likeness (QED) is 0.637. The van der Waals surface area contributed by atoms with Gasteiger partial charge < -0.3 is 5.32 Å². The number of allylic oxidation sites excluding steroid dienone is 1. The second kappa shape index (κ2) is 5.36. The Bertz CT molecular complexity index is 132. The van der Waals surface area contributed by atoms with Crippen molar-refractivity contribution in [2.24, 2.45) is 0 Å². The molecule has 1 heterocycles. The first-order valence-electron chi connectivity index (χ1n) is 5.17. The van der Waals surface area contributed by atoms with E-state index in [2.05, 4.69) is 18.8 Å². The van der Waals surface area contributed by atoms with E-state index in [0.717, 1.165) is 6.04 Å². The van der Waals surface area contributed by atoms with Crippen molar-refractivity contribution in [2.75, 3.05) is 6.54 Å². The molecule has 1 atom stereocenters. The standard InChI is InChI=1S/C11H21N/c1-10(2)7-8-11-6-4-3-5-9-12-11/h11-12H,1,3-9H2,2H3. The highest BCUT2D eigenvalue weighted by Gasteiger charge is 2.10. The van der Waals surface area contributed by atoms with Gasteiger partial charge in [-0.05, 0) is 39.2 Å². The lowest BCUT2D eigenvalue weighted by atomic mass is 10.0. The summed E-state index contributed by atoms with van der Waals surface area (Å²) in [6.07, 6.45) is 8.04. The van der Waals surface area contributed by atoms with Gasteiger partial charge in [-0.2, -0.15) is 0 Å². The van der Waals surface area contributed by atoms with Gasteiger partial charge in [0.2, 0.25) is 0 Å². The second-order valence-corrected chi connectivity index (χ2v) is 4.00. The van der Waals surface area contributed by atoms with E-state index in [1.807, 2.05) is 0 Å². The van der Waals surface area contributed by atoms with Crippen LogP contribution in [0, 0.1) is 0 Å². The summed E-state index contributed by atoms with van der Waals surface area (Å²) in [6.45, 7) is 7.28. The van der Waals surface area contributed by atoms with E-state index in [0.29, 0.717) is 0 Å². The average Bonchev–Trinajstić information content (AvgIpc) is 2.28. The second-order valence-electron chi connectivity index (χ2n) is 4.00. The highest BCUT2D eigenvalue weighted by Crippen LogP contribution is 2.14. The van der Waals surface area contributed by atoms with Gasteiger partial charge in [0, 0.05) is 6.04 Å². The maximum atomic E-state index is 3.94. The highest BCUT2D eigenvalue weighted by atomic mass is 14.9. The van der Waals surface area contributed by atoms with E-state index in [4.69, 9.17) is 0 Å². The molecular weight excluding hydrogens is 146 g/mol. The lowest BCUT2D eigenvalue weighted by molar-refractivity contribution is 0.478. The maximum Gasteiger partial charge on any atom is 0.00701 e. The van der Waals surface area contributed by atoms with Crippen LogP contribution in [-0.4, -0.2) is 12.6 Å². The molecular formula is C11H21N. The summed E-state index contributed by atoms with van der Waals surface area (Å²) in [5.74, 6) is 0. The molecule has 1 heteroatoms. The third-order valence-electron chi connectivity index (χ3n) is 2.58. The van der Waals surface area contributed by atoms with Gasteiger partial charge in [-0.25, -0.2) is 0 Å².